The molecular weight excluding hydrogens is 433 g/mol. The molecule has 0 aliphatic carbocycles. The lowest BCUT2D eigenvalue weighted by molar-refractivity contribution is -0.137. The molecule has 0 atom stereocenters. The van der Waals surface area contributed by atoms with Gasteiger partial charge < -0.3 is 15.1 Å². The number of pyridine rings is 1. The zero-order valence-corrected chi connectivity index (χ0v) is 17.3. The molecule has 0 spiro atoms. The van der Waals surface area contributed by atoms with Crippen molar-refractivity contribution in [1.82, 2.24) is 15.3 Å². The van der Waals surface area contributed by atoms with Crippen molar-refractivity contribution >= 4 is 23.3 Å². The summed E-state index contributed by atoms with van der Waals surface area (Å²) in [4.78, 5) is 19.9. The molecule has 0 fully saturated rings. The molecule has 3 rings (SSSR count). The van der Waals surface area contributed by atoms with E-state index in [0.717, 1.165) is 17.2 Å². The quantitative estimate of drug-likeness (QED) is 0.476. The molecule has 0 aliphatic rings. The minimum Gasteiger partial charge on any atom is -0.441 e. The number of amides is 1. The molecule has 0 saturated carbocycles. The van der Waals surface area contributed by atoms with E-state index in [1.807, 2.05) is 31.2 Å². The number of rotatable bonds is 8. The maximum Gasteiger partial charge on any atom is 0.417 e. The Hall–Kier alpha value is -3.07. The zero-order chi connectivity index (χ0) is 22.4. The normalized spacial score (nSPS) is 11.4. The number of nitrogens with zero attached hydrogens (tertiary/aromatic N) is 2. The van der Waals surface area contributed by atoms with Gasteiger partial charge in [0.25, 0.3) is 0 Å². The van der Waals surface area contributed by atoms with Crippen molar-refractivity contribution < 1.29 is 22.4 Å². The van der Waals surface area contributed by atoms with Crippen LogP contribution in [0.15, 0.2) is 47.1 Å². The van der Waals surface area contributed by atoms with Gasteiger partial charge in [0.05, 0.1) is 16.8 Å². The maximum atomic E-state index is 12.6. The number of benzene rings is 1. The highest BCUT2D eigenvalue weighted by atomic mass is 35.5. The van der Waals surface area contributed by atoms with Crippen LogP contribution in [0.2, 0.25) is 5.02 Å². The molecule has 6 nitrogen and oxygen atoms in total. The van der Waals surface area contributed by atoms with Gasteiger partial charge in [-0.1, -0.05) is 41.4 Å². The minimum atomic E-state index is -4.51. The Labute approximate surface area is 181 Å². The fourth-order valence-electron chi connectivity index (χ4n) is 2.69. The number of nitrogens with one attached hydrogen (secondary N) is 2. The first-order valence-electron chi connectivity index (χ1n) is 9.47. The summed E-state index contributed by atoms with van der Waals surface area (Å²) in [5.41, 5.74) is 1.13. The van der Waals surface area contributed by atoms with Gasteiger partial charge in [0, 0.05) is 37.7 Å². The standard InChI is InChI=1S/C21H20ClF3N4O2/c1-13-2-4-14(5-3-13)17-12-28-19(31-17)7-6-18(30)26-8-9-27-20-16(22)10-15(11-29-20)21(23,24)25/h2-5,10-12H,6-9H2,1H3,(H,26,30)(H,27,29). The lowest BCUT2D eigenvalue weighted by Crippen LogP contribution is -2.29. The molecule has 2 heterocycles. The van der Waals surface area contributed by atoms with Crippen LogP contribution in [0.1, 0.15) is 23.4 Å². The minimum absolute atomic E-state index is 0.118. The number of carbonyl (C=O) groups is 1. The third-order valence-electron chi connectivity index (χ3n) is 4.36. The lowest BCUT2D eigenvalue weighted by atomic mass is 10.1. The second kappa shape index (κ2) is 9.82. The first kappa shape index (κ1) is 22.6. The van der Waals surface area contributed by atoms with E-state index in [1.165, 1.54) is 0 Å². The number of aromatic nitrogens is 2. The second-order valence-electron chi connectivity index (χ2n) is 6.81. The summed E-state index contributed by atoms with van der Waals surface area (Å²) in [7, 11) is 0. The summed E-state index contributed by atoms with van der Waals surface area (Å²) in [6, 6.07) is 8.64. The number of carbonyl (C=O) groups excluding carboxylic acids is 1. The van der Waals surface area contributed by atoms with Crippen molar-refractivity contribution in [2.75, 3.05) is 18.4 Å². The van der Waals surface area contributed by atoms with Crippen LogP contribution in [-0.2, 0) is 17.4 Å². The van der Waals surface area contributed by atoms with E-state index in [0.29, 0.717) is 24.3 Å². The number of aryl methyl sites for hydroxylation is 2. The molecule has 2 N–H and O–H groups in total. The number of anilines is 1. The smallest absolute Gasteiger partial charge is 0.417 e. The van der Waals surface area contributed by atoms with Crippen LogP contribution in [-0.4, -0.2) is 29.0 Å². The summed E-state index contributed by atoms with van der Waals surface area (Å²) in [6.45, 7) is 2.50. The summed E-state index contributed by atoms with van der Waals surface area (Å²) >= 11 is 5.82. The zero-order valence-electron chi connectivity index (χ0n) is 16.6. The Balaban J connectivity index is 1.40. The van der Waals surface area contributed by atoms with E-state index in [-0.39, 0.29) is 36.3 Å². The molecular formula is C21H20ClF3N4O2. The average molecular weight is 453 g/mol. The van der Waals surface area contributed by atoms with Crippen LogP contribution in [0.3, 0.4) is 0 Å². The van der Waals surface area contributed by atoms with Crippen molar-refractivity contribution in [2.24, 2.45) is 0 Å². The fourth-order valence-corrected chi connectivity index (χ4v) is 2.92. The van der Waals surface area contributed by atoms with Gasteiger partial charge in [-0.2, -0.15) is 13.2 Å². The Morgan fingerprint density at radius 3 is 2.55 bits per heavy atom. The third-order valence-corrected chi connectivity index (χ3v) is 4.65. The van der Waals surface area contributed by atoms with E-state index in [2.05, 4.69) is 20.6 Å². The number of alkyl halides is 3. The van der Waals surface area contributed by atoms with Crippen molar-refractivity contribution in [3.63, 3.8) is 0 Å². The predicted octanol–water partition coefficient (Wildman–Crippen LogP) is 4.88. The van der Waals surface area contributed by atoms with Gasteiger partial charge in [-0.3, -0.25) is 4.79 Å². The highest BCUT2D eigenvalue weighted by Gasteiger charge is 2.31. The SMILES string of the molecule is Cc1ccc(-c2cnc(CCC(=O)NCCNc3ncc(C(F)(F)F)cc3Cl)o2)cc1. The average Bonchev–Trinajstić information content (AvgIpc) is 3.19. The van der Waals surface area contributed by atoms with E-state index in [4.69, 9.17) is 16.0 Å². The largest absolute Gasteiger partial charge is 0.441 e. The number of hydrogen-bond acceptors (Lipinski definition) is 5. The van der Waals surface area contributed by atoms with E-state index < -0.39 is 11.7 Å². The Kier molecular flexibility index (Phi) is 7.17. The summed E-state index contributed by atoms with van der Waals surface area (Å²) in [5.74, 6) is 1.01. The van der Waals surface area contributed by atoms with Crippen LogP contribution in [0, 0.1) is 6.92 Å². The number of oxazole rings is 1. The van der Waals surface area contributed by atoms with Gasteiger partial charge in [0.2, 0.25) is 5.91 Å². The highest BCUT2D eigenvalue weighted by molar-refractivity contribution is 6.32. The van der Waals surface area contributed by atoms with Crippen molar-refractivity contribution in [2.45, 2.75) is 25.9 Å². The van der Waals surface area contributed by atoms with E-state index in [9.17, 15) is 18.0 Å². The Morgan fingerprint density at radius 1 is 1.13 bits per heavy atom. The van der Waals surface area contributed by atoms with E-state index in [1.54, 1.807) is 6.20 Å². The number of hydrogen-bond donors (Lipinski definition) is 2. The first-order chi connectivity index (χ1) is 14.7. The van der Waals surface area contributed by atoms with Crippen LogP contribution >= 0.6 is 11.6 Å². The summed E-state index contributed by atoms with van der Waals surface area (Å²) < 4.78 is 43.5. The predicted molar refractivity (Wildman–Crippen MR) is 111 cm³/mol. The molecule has 0 aliphatic heterocycles. The second-order valence-corrected chi connectivity index (χ2v) is 7.22. The molecule has 0 radical (unpaired) electrons. The molecule has 0 saturated heterocycles. The molecule has 1 amide bonds. The van der Waals surface area contributed by atoms with Crippen molar-refractivity contribution in [1.29, 1.82) is 0 Å². The molecule has 31 heavy (non-hydrogen) atoms. The molecule has 3 aromatic rings. The fraction of sp³-hybridized carbons (Fsp3) is 0.286. The van der Waals surface area contributed by atoms with Crippen LogP contribution < -0.4 is 10.6 Å². The van der Waals surface area contributed by atoms with Gasteiger partial charge in [-0.05, 0) is 13.0 Å². The third kappa shape index (κ3) is 6.45. The molecule has 2 aromatic heterocycles. The van der Waals surface area contributed by atoms with Crippen LogP contribution in [0.5, 0.6) is 0 Å². The van der Waals surface area contributed by atoms with Gasteiger partial charge in [-0.15, -0.1) is 0 Å². The Bertz CT molecular complexity index is 1040. The molecule has 10 heteroatoms. The maximum absolute atomic E-state index is 12.6. The van der Waals surface area contributed by atoms with Gasteiger partial charge >= 0.3 is 6.18 Å². The van der Waals surface area contributed by atoms with Gasteiger partial charge in [0.1, 0.15) is 5.82 Å². The molecule has 0 bridgehead atoms. The van der Waals surface area contributed by atoms with Gasteiger partial charge in [-0.25, -0.2) is 9.97 Å². The molecule has 164 valence electrons. The van der Waals surface area contributed by atoms with E-state index >= 15 is 0 Å². The lowest BCUT2D eigenvalue weighted by Gasteiger charge is -2.11. The monoisotopic (exact) mass is 452 g/mol. The summed E-state index contributed by atoms with van der Waals surface area (Å²) in [5, 5.41) is 5.35. The van der Waals surface area contributed by atoms with Gasteiger partial charge in [0.15, 0.2) is 11.7 Å². The number of halogens is 4. The highest BCUT2D eigenvalue weighted by Crippen LogP contribution is 2.32. The molecule has 0 unspecified atom stereocenters. The van der Waals surface area contributed by atoms with Crippen LogP contribution in [0.25, 0.3) is 11.3 Å². The van der Waals surface area contributed by atoms with Crippen molar-refractivity contribution in [3.8, 4) is 11.3 Å². The van der Waals surface area contributed by atoms with Crippen molar-refractivity contribution in [3.05, 3.63) is 64.8 Å². The summed E-state index contributed by atoms with van der Waals surface area (Å²) in [6.07, 6.45) is -1.64. The first-order valence-corrected chi connectivity index (χ1v) is 9.85. The molecule has 1 aromatic carbocycles. The van der Waals surface area contributed by atoms with Crippen LogP contribution in [0.4, 0.5) is 19.0 Å². The topological polar surface area (TPSA) is 80.0 Å². The Morgan fingerprint density at radius 2 is 1.87 bits per heavy atom.